The van der Waals surface area contributed by atoms with Crippen molar-refractivity contribution in [3.63, 3.8) is 0 Å². The monoisotopic (exact) mass is 312 g/mol. The molecule has 0 bridgehead atoms. The highest BCUT2D eigenvalue weighted by Crippen LogP contribution is 2.23. The van der Waals surface area contributed by atoms with Gasteiger partial charge in [0.2, 0.25) is 0 Å². The molecule has 1 rings (SSSR count). The zero-order valence-electron chi connectivity index (χ0n) is 11.9. The van der Waals surface area contributed by atoms with Gasteiger partial charge in [-0.05, 0) is 39.0 Å². The number of Topliss-reactive ketones (excluding diaryl/α,β-unsaturated/α-hetero) is 1. The Morgan fingerprint density at radius 2 is 2.00 bits per heavy atom. The number of hydrogen-bond acceptors (Lipinski definition) is 3. The van der Waals surface area contributed by atoms with Crippen molar-refractivity contribution in [1.29, 1.82) is 5.26 Å². The van der Waals surface area contributed by atoms with Crippen LogP contribution < -0.4 is 0 Å². The van der Waals surface area contributed by atoms with E-state index in [4.69, 9.17) is 28.5 Å². The molecular formula is C15H18Cl2N2O. The lowest BCUT2D eigenvalue weighted by Crippen LogP contribution is -2.44. The van der Waals surface area contributed by atoms with Gasteiger partial charge in [-0.25, -0.2) is 0 Å². The fourth-order valence-corrected chi connectivity index (χ4v) is 2.64. The van der Waals surface area contributed by atoms with E-state index >= 15 is 0 Å². The van der Waals surface area contributed by atoms with Gasteiger partial charge in [-0.15, -0.1) is 0 Å². The summed E-state index contributed by atoms with van der Waals surface area (Å²) in [7, 11) is 0. The summed E-state index contributed by atoms with van der Waals surface area (Å²) in [6.45, 7) is 6.41. The molecule has 0 heterocycles. The number of ketones is 1. The van der Waals surface area contributed by atoms with Crippen LogP contribution in [-0.4, -0.2) is 29.3 Å². The van der Waals surface area contributed by atoms with Crippen LogP contribution in [0.1, 0.15) is 37.6 Å². The van der Waals surface area contributed by atoms with Crippen LogP contribution in [-0.2, 0) is 0 Å². The van der Waals surface area contributed by atoms with E-state index in [-0.39, 0.29) is 17.9 Å². The second kappa shape index (κ2) is 7.64. The Kier molecular flexibility index (Phi) is 6.48. The smallest absolute Gasteiger partial charge is 0.181 e. The minimum Gasteiger partial charge on any atom is -0.292 e. The normalized spacial score (nSPS) is 12.5. The fraction of sp³-hybridized carbons (Fsp3) is 0.467. The molecule has 0 aliphatic heterocycles. The van der Waals surface area contributed by atoms with Crippen LogP contribution in [0.4, 0.5) is 0 Å². The first-order valence-corrected chi connectivity index (χ1v) is 7.26. The molecule has 20 heavy (non-hydrogen) atoms. The second-order valence-corrected chi connectivity index (χ2v) is 5.75. The Balaban J connectivity index is 2.96. The molecule has 3 nitrogen and oxygen atoms in total. The SMILES string of the molecule is CC(C)N(CCC#N)C(C)C(=O)c1ccc(Cl)cc1Cl. The summed E-state index contributed by atoms with van der Waals surface area (Å²) in [6, 6.07) is 6.82. The van der Waals surface area contributed by atoms with E-state index in [9.17, 15) is 4.79 Å². The number of nitrogens with zero attached hydrogens (tertiary/aromatic N) is 2. The predicted octanol–water partition coefficient (Wildman–Crippen LogP) is 4.19. The average molecular weight is 313 g/mol. The van der Waals surface area contributed by atoms with E-state index in [1.54, 1.807) is 18.2 Å². The molecule has 5 heteroatoms. The molecule has 1 aromatic carbocycles. The molecule has 0 N–H and O–H groups in total. The van der Waals surface area contributed by atoms with E-state index in [1.165, 1.54) is 0 Å². The summed E-state index contributed by atoms with van der Waals surface area (Å²) in [5.41, 5.74) is 0.464. The Morgan fingerprint density at radius 3 is 2.50 bits per heavy atom. The number of benzene rings is 1. The van der Waals surface area contributed by atoms with Crippen molar-refractivity contribution in [3.05, 3.63) is 33.8 Å². The molecule has 0 aliphatic rings. The molecule has 0 radical (unpaired) electrons. The summed E-state index contributed by atoms with van der Waals surface area (Å²) in [4.78, 5) is 14.5. The molecule has 0 saturated heterocycles. The Bertz CT molecular complexity index is 523. The van der Waals surface area contributed by atoms with Gasteiger partial charge in [-0.3, -0.25) is 9.69 Å². The van der Waals surface area contributed by atoms with Crippen LogP contribution in [0.15, 0.2) is 18.2 Å². The topological polar surface area (TPSA) is 44.1 Å². The van der Waals surface area contributed by atoms with E-state index in [1.807, 2.05) is 25.7 Å². The van der Waals surface area contributed by atoms with Crippen molar-refractivity contribution in [1.82, 2.24) is 4.90 Å². The average Bonchev–Trinajstić information content (AvgIpc) is 2.37. The maximum Gasteiger partial charge on any atom is 0.181 e. The lowest BCUT2D eigenvalue weighted by Gasteiger charge is -2.31. The van der Waals surface area contributed by atoms with E-state index in [2.05, 4.69) is 6.07 Å². The maximum atomic E-state index is 12.5. The molecule has 0 spiro atoms. The highest BCUT2D eigenvalue weighted by molar-refractivity contribution is 6.37. The zero-order chi connectivity index (χ0) is 15.3. The third kappa shape index (κ3) is 4.21. The fourth-order valence-electron chi connectivity index (χ4n) is 2.14. The highest BCUT2D eigenvalue weighted by Gasteiger charge is 2.25. The highest BCUT2D eigenvalue weighted by atomic mass is 35.5. The minimum absolute atomic E-state index is 0.0571. The quantitative estimate of drug-likeness (QED) is 0.740. The van der Waals surface area contributed by atoms with Gasteiger partial charge in [-0.1, -0.05) is 23.2 Å². The standard InChI is InChI=1S/C15H18Cl2N2O/c1-10(2)19(8-4-7-18)11(3)15(20)13-6-5-12(16)9-14(13)17/h5-6,9-11H,4,8H2,1-3H3. The first-order valence-electron chi connectivity index (χ1n) is 6.50. The Morgan fingerprint density at radius 1 is 1.35 bits per heavy atom. The number of hydrogen-bond donors (Lipinski definition) is 0. The van der Waals surface area contributed by atoms with Gasteiger partial charge in [-0.2, -0.15) is 5.26 Å². The predicted molar refractivity (Wildman–Crippen MR) is 82.3 cm³/mol. The van der Waals surface area contributed by atoms with Crippen molar-refractivity contribution >= 4 is 29.0 Å². The zero-order valence-corrected chi connectivity index (χ0v) is 13.4. The molecule has 1 aromatic rings. The number of halogens is 2. The van der Waals surface area contributed by atoms with E-state index < -0.39 is 0 Å². The van der Waals surface area contributed by atoms with Gasteiger partial charge >= 0.3 is 0 Å². The molecule has 0 fully saturated rings. The van der Waals surface area contributed by atoms with Crippen LogP contribution in [0.3, 0.4) is 0 Å². The Hall–Kier alpha value is -1.08. The van der Waals surface area contributed by atoms with Crippen molar-refractivity contribution in [3.8, 4) is 6.07 Å². The molecule has 108 valence electrons. The molecule has 1 atom stereocenters. The molecule has 0 saturated carbocycles. The summed E-state index contributed by atoms with van der Waals surface area (Å²) in [6.07, 6.45) is 0.393. The first-order chi connectivity index (χ1) is 9.38. The lowest BCUT2D eigenvalue weighted by molar-refractivity contribution is 0.0793. The summed E-state index contributed by atoms with van der Waals surface area (Å²) >= 11 is 11.9. The maximum absolute atomic E-state index is 12.5. The van der Waals surface area contributed by atoms with Crippen molar-refractivity contribution in [2.75, 3.05) is 6.54 Å². The first kappa shape index (κ1) is 17.0. The summed E-state index contributed by atoms with van der Waals surface area (Å²) in [5, 5.41) is 9.58. The van der Waals surface area contributed by atoms with E-state index in [0.717, 1.165) is 0 Å². The number of rotatable bonds is 6. The van der Waals surface area contributed by atoms with Gasteiger partial charge in [0.1, 0.15) is 0 Å². The van der Waals surface area contributed by atoms with Gasteiger partial charge in [0, 0.05) is 29.6 Å². The molecular weight excluding hydrogens is 295 g/mol. The van der Waals surface area contributed by atoms with Crippen LogP contribution in [0, 0.1) is 11.3 Å². The molecule has 0 aliphatic carbocycles. The largest absolute Gasteiger partial charge is 0.292 e. The summed E-state index contributed by atoms with van der Waals surface area (Å²) in [5.74, 6) is -0.0571. The summed E-state index contributed by atoms with van der Waals surface area (Å²) < 4.78 is 0. The third-order valence-corrected chi connectivity index (χ3v) is 3.77. The van der Waals surface area contributed by atoms with Crippen molar-refractivity contribution in [2.24, 2.45) is 0 Å². The molecule has 1 unspecified atom stereocenters. The van der Waals surface area contributed by atoms with Crippen LogP contribution in [0.25, 0.3) is 0 Å². The van der Waals surface area contributed by atoms with Gasteiger partial charge in [0.15, 0.2) is 5.78 Å². The Labute approximate surface area is 130 Å². The molecule has 0 amide bonds. The van der Waals surface area contributed by atoms with Gasteiger partial charge < -0.3 is 0 Å². The minimum atomic E-state index is -0.331. The van der Waals surface area contributed by atoms with Crippen molar-refractivity contribution < 1.29 is 4.79 Å². The van der Waals surface area contributed by atoms with Crippen LogP contribution in [0.2, 0.25) is 10.0 Å². The van der Waals surface area contributed by atoms with Gasteiger partial charge in [0.25, 0.3) is 0 Å². The second-order valence-electron chi connectivity index (χ2n) is 4.90. The molecule has 0 aromatic heterocycles. The lowest BCUT2D eigenvalue weighted by atomic mass is 10.0. The van der Waals surface area contributed by atoms with Crippen molar-refractivity contribution in [2.45, 2.75) is 39.3 Å². The number of nitriles is 1. The number of carbonyl (C=O) groups excluding carboxylic acids is 1. The van der Waals surface area contributed by atoms with E-state index in [0.29, 0.717) is 28.6 Å². The van der Waals surface area contributed by atoms with Gasteiger partial charge in [0.05, 0.1) is 17.1 Å². The van der Waals surface area contributed by atoms with Crippen LogP contribution >= 0.6 is 23.2 Å². The van der Waals surface area contributed by atoms with Crippen LogP contribution in [0.5, 0.6) is 0 Å². The number of carbonyl (C=O) groups is 1. The third-order valence-electron chi connectivity index (χ3n) is 3.22.